The molecule has 1 amide bonds. The maximum Gasteiger partial charge on any atom is 0.261 e. The molecule has 2 N–H and O–H groups in total. The summed E-state index contributed by atoms with van der Waals surface area (Å²) in [5.41, 5.74) is 1.05. The van der Waals surface area contributed by atoms with Crippen LogP contribution in [0.4, 0.5) is 17.1 Å². The molecule has 0 spiro atoms. The molecule has 4 rings (SSSR count). The van der Waals surface area contributed by atoms with Gasteiger partial charge in [-0.15, -0.1) is 10.2 Å². The van der Waals surface area contributed by atoms with Gasteiger partial charge in [-0.3, -0.25) is 4.79 Å². The smallest absolute Gasteiger partial charge is 0.261 e. The van der Waals surface area contributed by atoms with E-state index in [4.69, 9.17) is 15.4 Å². The average molecular weight is 496 g/mol. The van der Waals surface area contributed by atoms with E-state index in [1.165, 1.54) is 31.4 Å². The van der Waals surface area contributed by atoms with Crippen molar-refractivity contribution in [3.8, 4) is 11.5 Å². The van der Waals surface area contributed by atoms with E-state index in [-0.39, 0.29) is 32.8 Å². The van der Waals surface area contributed by atoms with Crippen molar-refractivity contribution in [3.63, 3.8) is 0 Å². The molecule has 8 nitrogen and oxygen atoms in total. The van der Waals surface area contributed by atoms with Gasteiger partial charge in [-0.05, 0) is 42.5 Å². The van der Waals surface area contributed by atoms with Crippen LogP contribution in [-0.2, 0) is 9.05 Å². The lowest BCUT2D eigenvalue weighted by Gasteiger charge is -2.13. The number of carbonyl (C=O) groups is 1. The molecular weight excluding hydrogens is 478 g/mol. The van der Waals surface area contributed by atoms with E-state index in [1.54, 1.807) is 54.6 Å². The van der Waals surface area contributed by atoms with E-state index < -0.39 is 15.0 Å². The standard InChI is InChI=1S/C24H18ClN3O5S/c1-33-20-10-6-5-9-17(20)27-28-19-12-11-16-21(34(25,31)32)14-13-18(22(16)23(19)29)26-24(30)15-7-3-2-4-8-15/h2-14,29H,1H3,(H,26,30)/b28-27+. The van der Waals surface area contributed by atoms with Crippen molar-refractivity contribution in [2.45, 2.75) is 4.90 Å². The molecule has 0 saturated carbocycles. The Kier molecular flexibility index (Phi) is 6.49. The molecule has 0 aliphatic carbocycles. The number of benzene rings is 4. The van der Waals surface area contributed by atoms with Crippen LogP contribution in [0.3, 0.4) is 0 Å². The second-order valence-electron chi connectivity index (χ2n) is 7.10. The van der Waals surface area contributed by atoms with E-state index in [0.29, 0.717) is 17.0 Å². The van der Waals surface area contributed by atoms with Crippen LogP contribution in [0, 0.1) is 0 Å². The highest BCUT2D eigenvalue weighted by Gasteiger charge is 2.21. The molecule has 34 heavy (non-hydrogen) atoms. The maximum atomic E-state index is 12.7. The first kappa shape index (κ1) is 23.2. The summed E-state index contributed by atoms with van der Waals surface area (Å²) in [6.45, 7) is 0. The molecule has 0 aromatic heterocycles. The van der Waals surface area contributed by atoms with Gasteiger partial charge in [0.25, 0.3) is 15.0 Å². The van der Waals surface area contributed by atoms with Crippen molar-refractivity contribution in [2.24, 2.45) is 10.2 Å². The normalized spacial score (nSPS) is 11.6. The number of nitrogens with one attached hydrogen (secondary N) is 1. The molecule has 0 bridgehead atoms. The number of para-hydroxylation sites is 1. The molecule has 4 aromatic rings. The first-order chi connectivity index (χ1) is 16.3. The molecule has 4 aromatic carbocycles. The third kappa shape index (κ3) is 4.70. The summed E-state index contributed by atoms with van der Waals surface area (Å²) in [5, 5.41) is 22.2. The fourth-order valence-corrected chi connectivity index (χ4v) is 4.46. The SMILES string of the molecule is COc1ccccc1/N=N/c1ccc2c(S(=O)(=O)Cl)ccc(NC(=O)c3ccccc3)c2c1O. The van der Waals surface area contributed by atoms with Crippen molar-refractivity contribution < 1.29 is 23.1 Å². The second-order valence-corrected chi connectivity index (χ2v) is 9.63. The average Bonchev–Trinajstić information content (AvgIpc) is 2.83. The van der Waals surface area contributed by atoms with Gasteiger partial charge in [0.1, 0.15) is 17.1 Å². The number of hydrogen-bond donors (Lipinski definition) is 2. The van der Waals surface area contributed by atoms with Crippen molar-refractivity contribution >= 4 is 53.5 Å². The molecule has 0 aliphatic heterocycles. The minimum atomic E-state index is -4.14. The summed E-state index contributed by atoms with van der Waals surface area (Å²) in [7, 11) is 2.96. The quantitative estimate of drug-likeness (QED) is 0.246. The fourth-order valence-electron chi connectivity index (χ4n) is 3.39. The lowest BCUT2D eigenvalue weighted by Crippen LogP contribution is -2.12. The molecule has 0 heterocycles. The largest absolute Gasteiger partial charge is 0.505 e. The molecule has 0 radical (unpaired) electrons. The molecule has 0 atom stereocenters. The Labute approximate surface area is 199 Å². The first-order valence-electron chi connectivity index (χ1n) is 9.94. The van der Waals surface area contributed by atoms with Crippen LogP contribution in [0.1, 0.15) is 10.4 Å². The number of azo groups is 1. The predicted octanol–water partition coefficient (Wildman–Crippen LogP) is 6.15. The van der Waals surface area contributed by atoms with E-state index in [2.05, 4.69) is 15.5 Å². The molecule has 0 saturated heterocycles. The summed E-state index contributed by atoms with van der Waals surface area (Å²) in [4.78, 5) is 12.5. The summed E-state index contributed by atoms with van der Waals surface area (Å²) < 4.78 is 29.5. The number of hydrogen-bond acceptors (Lipinski definition) is 7. The zero-order valence-corrected chi connectivity index (χ0v) is 19.3. The number of methoxy groups -OCH3 is 1. The van der Waals surface area contributed by atoms with Crippen LogP contribution in [-0.4, -0.2) is 26.5 Å². The van der Waals surface area contributed by atoms with Crippen LogP contribution in [0.25, 0.3) is 10.8 Å². The molecule has 0 unspecified atom stereocenters. The molecule has 0 fully saturated rings. The molecule has 0 aliphatic rings. The van der Waals surface area contributed by atoms with E-state index in [0.717, 1.165) is 0 Å². The van der Waals surface area contributed by atoms with Gasteiger partial charge >= 0.3 is 0 Å². The first-order valence-corrected chi connectivity index (χ1v) is 12.2. The summed E-state index contributed by atoms with van der Waals surface area (Å²) in [6.07, 6.45) is 0. The summed E-state index contributed by atoms with van der Waals surface area (Å²) in [6, 6.07) is 20.9. The van der Waals surface area contributed by atoms with Crippen molar-refractivity contribution in [1.82, 2.24) is 0 Å². The Hall–Kier alpha value is -3.95. The fraction of sp³-hybridized carbons (Fsp3) is 0.0417. The number of nitrogens with zero attached hydrogens (tertiary/aromatic N) is 2. The topological polar surface area (TPSA) is 117 Å². The van der Waals surface area contributed by atoms with E-state index >= 15 is 0 Å². The highest BCUT2D eigenvalue weighted by molar-refractivity contribution is 8.14. The second kappa shape index (κ2) is 9.50. The van der Waals surface area contributed by atoms with Gasteiger partial charge in [0.05, 0.1) is 23.1 Å². The number of fused-ring (bicyclic) bond motifs is 1. The number of amides is 1. The Morgan fingerprint density at radius 1 is 0.912 bits per heavy atom. The third-order valence-corrected chi connectivity index (χ3v) is 6.37. The van der Waals surface area contributed by atoms with Crippen molar-refractivity contribution in [1.29, 1.82) is 0 Å². The van der Waals surface area contributed by atoms with Gasteiger partial charge in [-0.2, -0.15) is 0 Å². The highest BCUT2D eigenvalue weighted by Crippen LogP contribution is 2.43. The van der Waals surface area contributed by atoms with Crippen LogP contribution in [0.15, 0.2) is 94.0 Å². The highest BCUT2D eigenvalue weighted by atomic mass is 35.7. The lowest BCUT2D eigenvalue weighted by molar-refractivity contribution is 0.102. The van der Waals surface area contributed by atoms with Gasteiger partial charge in [0.2, 0.25) is 0 Å². The van der Waals surface area contributed by atoms with E-state index in [9.17, 15) is 18.3 Å². The Bertz CT molecular complexity index is 1520. The number of phenols is 1. The minimum absolute atomic E-state index is 0.0535. The van der Waals surface area contributed by atoms with Gasteiger partial charge in [0.15, 0.2) is 5.75 Å². The van der Waals surface area contributed by atoms with Gasteiger partial charge in [-0.25, -0.2) is 8.42 Å². The molecular formula is C24H18ClN3O5S. The lowest BCUT2D eigenvalue weighted by atomic mass is 10.1. The predicted molar refractivity (Wildman–Crippen MR) is 130 cm³/mol. The number of anilines is 1. The van der Waals surface area contributed by atoms with Crippen LogP contribution in [0.5, 0.6) is 11.5 Å². The third-order valence-electron chi connectivity index (χ3n) is 4.99. The van der Waals surface area contributed by atoms with Gasteiger partial charge in [-0.1, -0.05) is 36.4 Å². The van der Waals surface area contributed by atoms with Crippen LogP contribution < -0.4 is 10.1 Å². The number of ether oxygens (including phenoxy) is 1. The van der Waals surface area contributed by atoms with Gasteiger partial charge < -0.3 is 15.2 Å². The molecule has 172 valence electrons. The number of rotatable bonds is 6. The summed E-state index contributed by atoms with van der Waals surface area (Å²) in [5.74, 6) is -0.330. The zero-order valence-electron chi connectivity index (χ0n) is 17.8. The number of carbonyl (C=O) groups excluding carboxylic acids is 1. The molecule has 10 heteroatoms. The van der Waals surface area contributed by atoms with Crippen LogP contribution in [0.2, 0.25) is 0 Å². The summed E-state index contributed by atoms with van der Waals surface area (Å²) >= 11 is 0. The number of aromatic hydroxyl groups is 1. The minimum Gasteiger partial charge on any atom is -0.505 e. The number of phenolic OH excluding ortho intramolecular Hbond substituents is 1. The van der Waals surface area contributed by atoms with Crippen molar-refractivity contribution in [3.05, 3.63) is 84.4 Å². The van der Waals surface area contributed by atoms with Crippen LogP contribution >= 0.6 is 10.7 Å². The van der Waals surface area contributed by atoms with Crippen molar-refractivity contribution in [2.75, 3.05) is 12.4 Å². The Morgan fingerprint density at radius 2 is 1.59 bits per heavy atom. The number of halogens is 1. The van der Waals surface area contributed by atoms with E-state index in [1.807, 2.05) is 0 Å². The Balaban J connectivity index is 1.85. The zero-order chi connectivity index (χ0) is 24.3. The maximum absolute atomic E-state index is 12.7. The van der Waals surface area contributed by atoms with Gasteiger partial charge in [0, 0.05) is 21.6 Å². The monoisotopic (exact) mass is 495 g/mol. The Morgan fingerprint density at radius 3 is 2.29 bits per heavy atom.